The molecule has 23 heavy (non-hydrogen) atoms. The van der Waals surface area contributed by atoms with Gasteiger partial charge in [0, 0.05) is 11.8 Å². The van der Waals surface area contributed by atoms with E-state index in [-0.39, 0.29) is 17.4 Å². The van der Waals surface area contributed by atoms with Gasteiger partial charge in [0.05, 0.1) is 11.9 Å². The Bertz CT molecular complexity index is 865. The highest BCUT2D eigenvalue weighted by Gasteiger charge is 2.11. The largest absolute Gasteiger partial charge is 0.485 e. The summed E-state index contributed by atoms with van der Waals surface area (Å²) in [7, 11) is 0. The molecule has 1 aromatic carbocycles. The summed E-state index contributed by atoms with van der Waals surface area (Å²) in [4.78, 5) is 16.3. The number of rotatable bonds is 4. The van der Waals surface area contributed by atoms with E-state index in [4.69, 9.17) is 27.9 Å². The Hall–Kier alpha value is -2.37. The molecule has 2 heterocycles. The second-order valence-corrected chi connectivity index (χ2v) is 5.42. The van der Waals surface area contributed by atoms with Crippen LogP contribution in [0.3, 0.4) is 0 Å². The maximum Gasteiger partial charge on any atom is 0.294 e. The van der Waals surface area contributed by atoms with Crippen LogP contribution in [0.25, 0.3) is 5.69 Å². The molecule has 0 saturated heterocycles. The molecule has 0 atom stereocenters. The first kappa shape index (κ1) is 15.5. The van der Waals surface area contributed by atoms with Gasteiger partial charge in [-0.2, -0.15) is 9.78 Å². The highest BCUT2D eigenvalue weighted by Crippen LogP contribution is 2.20. The molecule has 0 radical (unpaired) electrons. The van der Waals surface area contributed by atoms with Crippen molar-refractivity contribution < 1.29 is 4.74 Å². The Balaban J connectivity index is 1.83. The van der Waals surface area contributed by atoms with E-state index in [9.17, 15) is 4.79 Å². The van der Waals surface area contributed by atoms with Crippen molar-refractivity contribution in [2.75, 3.05) is 0 Å². The van der Waals surface area contributed by atoms with Gasteiger partial charge in [0.1, 0.15) is 11.8 Å². The van der Waals surface area contributed by atoms with Crippen LogP contribution in [0, 0.1) is 0 Å². The molecule has 116 valence electrons. The van der Waals surface area contributed by atoms with Crippen molar-refractivity contribution in [3.8, 4) is 11.4 Å². The molecule has 0 amide bonds. The minimum Gasteiger partial charge on any atom is -0.485 e. The molecule has 5 nitrogen and oxygen atoms in total. The Morgan fingerprint density at radius 1 is 1.04 bits per heavy atom. The lowest BCUT2D eigenvalue weighted by molar-refractivity contribution is 0.303. The van der Waals surface area contributed by atoms with Gasteiger partial charge >= 0.3 is 0 Å². The van der Waals surface area contributed by atoms with E-state index < -0.39 is 5.56 Å². The molecule has 0 aliphatic heterocycles. The molecule has 0 unspecified atom stereocenters. The molecule has 2 aromatic heterocycles. The summed E-state index contributed by atoms with van der Waals surface area (Å²) >= 11 is 11.8. The minimum absolute atomic E-state index is 0.0224. The van der Waals surface area contributed by atoms with E-state index >= 15 is 0 Å². The third kappa shape index (κ3) is 3.52. The van der Waals surface area contributed by atoms with E-state index in [0.29, 0.717) is 10.8 Å². The molecular weight excluding hydrogens is 337 g/mol. The summed E-state index contributed by atoms with van der Waals surface area (Å²) in [5.74, 6) is 0.221. The fraction of sp³-hybridized carbons (Fsp3) is 0.0625. The van der Waals surface area contributed by atoms with Crippen LogP contribution >= 0.6 is 23.2 Å². The van der Waals surface area contributed by atoms with Crippen molar-refractivity contribution in [3.05, 3.63) is 81.0 Å². The average molecular weight is 348 g/mol. The summed E-state index contributed by atoms with van der Waals surface area (Å²) in [6, 6.07) is 12.5. The highest BCUT2D eigenvalue weighted by atomic mass is 35.5. The first-order valence-corrected chi connectivity index (χ1v) is 7.47. The Labute approximate surface area is 142 Å². The van der Waals surface area contributed by atoms with Gasteiger partial charge in [-0.3, -0.25) is 4.79 Å². The zero-order valence-corrected chi connectivity index (χ0v) is 13.3. The van der Waals surface area contributed by atoms with E-state index in [0.717, 1.165) is 5.56 Å². The minimum atomic E-state index is -0.440. The zero-order chi connectivity index (χ0) is 16.2. The van der Waals surface area contributed by atoms with Crippen LogP contribution in [0.4, 0.5) is 0 Å². The third-order valence-corrected chi connectivity index (χ3v) is 3.64. The van der Waals surface area contributed by atoms with Crippen LogP contribution in [0.5, 0.6) is 5.75 Å². The quantitative estimate of drug-likeness (QED) is 0.677. The van der Waals surface area contributed by atoms with Crippen molar-refractivity contribution in [3.63, 3.8) is 0 Å². The topological polar surface area (TPSA) is 57.0 Å². The standard InChI is InChI=1S/C16H11Cl2N3O2/c17-14-7-6-11(8-19-14)10-23-13-9-20-21(16(22)15(13)18)12-4-2-1-3-5-12/h1-9H,10H2. The Kier molecular flexibility index (Phi) is 4.60. The average Bonchev–Trinajstić information content (AvgIpc) is 2.58. The molecule has 0 bridgehead atoms. The predicted molar refractivity (Wildman–Crippen MR) is 88.4 cm³/mol. The van der Waals surface area contributed by atoms with Crippen LogP contribution in [-0.2, 0) is 6.61 Å². The van der Waals surface area contributed by atoms with Gasteiger partial charge in [-0.1, -0.05) is 47.5 Å². The molecule has 0 spiro atoms. The number of ether oxygens (including phenoxy) is 1. The van der Waals surface area contributed by atoms with E-state index in [2.05, 4.69) is 10.1 Å². The van der Waals surface area contributed by atoms with Crippen LogP contribution in [-0.4, -0.2) is 14.8 Å². The van der Waals surface area contributed by atoms with Gasteiger partial charge in [0.2, 0.25) is 0 Å². The van der Waals surface area contributed by atoms with E-state index in [1.165, 1.54) is 10.9 Å². The van der Waals surface area contributed by atoms with Crippen LogP contribution in [0.15, 0.2) is 59.7 Å². The number of halogens is 2. The summed E-state index contributed by atoms with van der Waals surface area (Å²) in [5.41, 5.74) is 0.996. The van der Waals surface area contributed by atoms with E-state index in [1.54, 1.807) is 30.5 Å². The highest BCUT2D eigenvalue weighted by molar-refractivity contribution is 6.31. The molecule has 0 aliphatic carbocycles. The summed E-state index contributed by atoms with van der Waals surface area (Å²) < 4.78 is 6.76. The summed E-state index contributed by atoms with van der Waals surface area (Å²) in [6.07, 6.45) is 3.01. The number of hydrogen-bond acceptors (Lipinski definition) is 4. The first-order valence-electron chi connectivity index (χ1n) is 6.71. The van der Waals surface area contributed by atoms with Crippen LogP contribution in [0.2, 0.25) is 10.2 Å². The van der Waals surface area contributed by atoms with Gasteiger partial charge in [-0.05, 0) is 18.2 Å². The SMILES string of the molecule is O=c1c(Cl)c(OCc2ccc(Cl)nc2)cnn1-c1ccccc1. The van der Waals surface area contributed by atoms with Gasteiger partial charge in [-0.15, -0.1) is 0 Å². The smallest absolute Gasteiger partial charge is 0.294 e. The number of aromatic nitrogens is 3. The van der Waals surface area contributed by atoms with E-state index in [1.807, 2.05) is 18.2 Å². The number of benzene rings is 1. The first-order chi connectivity index (χ1) is 11.1. The van der Waals surface area contributed by atoms with Crippen molar-refractivity contribution in [1.29, 1.82) is 0 Å². The zero-order valence-electron chi connectivity index (χ0n) is 11.8. The van der Waals surface area contributed by atoms with Crippen LogP contribution in [0.1, 0.15) is 5.56 Å². The number of para-hydroxylation sites is 1. The second kappa shape index (κ2) is 6.81. The van der Waals surface area contributed by atoms with Gasteiger partial charge in [0.15, 0.2) is 10.8 Å². The number of nitrogens with zero attached hydrogens (tertiary/aromatic N) is 3. The molecular formula is C16H11Cl2N3O2. The molecule has 0 aliphatic rings. The molecule has 3 aromatic rings. The van der Waals surface area contributed by atoms with Gasteiger partial charge in [0.25, 0.3) is 5.56 Å². The summed E-state index contributed by atoms with van der Waals surface area (Å²) in [5, 5.41) is 4.47. The molecule has 3 rings (SSSR count). The number of hydrogen-bond donors (Lipinski definition) is 0. The monoisotopic (exact) mass is 347 g/mol. The molecule has 7 heteroatoms. The second-order valence-electron chi connectivity index (χ2n) is 4.65. The Morgan fingerprint density at radius 2 is 1.83 bits per heavy atom. The molecule has 0 saturated carbocycles. The molecule has 0 N–H and O–H groups in total. The summed E-state index contributed by atoms with van der Waals surface area (Å²) in [6.45, 7) is 0.209. The van der Waals surface area contributed by atoms with Crippen molar-refractivity contribution in [1.82, 2.24) is 14.8 Å². The lowest BCUT2D eigenvalue weighted by atomic mass is 10.3. The fourth-order valence-corrected chi connectivity index (χ4v) is 2.22. The van der Waals surface area contributed by atoms with Crippen molar-refractivity contribution in [2.45, 2.75) is 6.61 Å². The third-order valence-electron chi connectivity index (χ3n) is 3.07. The lowest BCUT2D eigenvalue weighted by Gasteiger charge is -2.09. The van der Waals surface area contributed by atoms with Gasteiger partial charge < -0.3 is 4.74 Å². The van der Waals surface area contributed by atoms with Crippen molar-refractivity contribution >= 4 is 23.2 Å². The van der Waals surface area contributed by atoms with Gasteiger partial charge in [-0.25, -0.2) is 4.98 Å². The fourth-order valence-electron chi connectivity index (χ4n) is 1.92. The van der Waals surface area contributed by atoms with Crippen molar-refractivity contribution in [2.24, 2.45) is 0 Å². The molecule has 0 fully saturated rings. The lowest BCUT2D eigenvalue weighted by Crippen LogP contribution is -2.22. The van der Waals surface area contributed by atoms with Crippen LogP contribution < -0.4 is 10.3 Å². The Morgan fingerprint density at radius 3 is 2.52 bits per heavy atom. The maximum absolute atomic E-state index is 12.3. The maximum atomic E-state index is 12.3. The normalized spacial score (nSPS) is 10.5. The predicted octanol–water partition coefficient (Wildman–Crippen LogP) is 3.51. The number of pyridine rings is 1.